The molecule has 7 heteroatoms. The molecule has 0 aliphatic heterocycles. The lowest BCUT2D eigenvalue weighted by atomic mass is 10.3. The first-order valence-corrected chi connectivity index (χ1v) is 8.10. The quantitative estimate of drug-likeness (QED) is 0.485. The van der Waals surface area contributed by atoms with Crippen molar-refractivity contribution in [2.75, 3.05) is 0 Å². The Morgan fingerprint density at radius 1 is 0.895 bits per heavy atom. The van der Waals surface area contributed by atoms with Crippen LogP contribution in [0.25, 0.3) is 0 Å². The summed E-state index contributed by atoms with van der Waals surface area (Å²) >= 11 is 13.2. The number of ether oxygens (including phenoxy) is 1. The van der Waals surface area contributed by atoms with Crippen LogP contribution in [0.4, 0.5) is 0 Å². The van der Waals surface area contributed by atoms with E-state index in [1.165, 1.54) is 6.07 Å². The van der Waals surface area contributed by atoms with E-state index in [0.717, 1.165) is 4.47 Å². The molecule has 19 heavy (non-hydrogen) atoms. The summed E-state index contributed by atoms with van der Waals surface area (Å²) in [7, 11) is 0. The highest BCUT2D eigenvalue weighted by Crippen LogP contribution is 2.47. The van der Waals surface area contributed by atoms with Gasteiger partial charge >= 0.3 is 0 Å². The largest absolute Gasteiger partial charge is 0.504 e. The average molecular weight is 518 g/mol. The number of hydrogen-bond acceptors (Lipinski definition) is 3. The van der Waals surface area contributed by atoms with E-state index in [9.17, 15) is 10.2 Å². The molecular weight excluding hydrogens is 512 g/mol. The third-order valence-corrected chi connectivity index (χ3v) is 5.28. The van der Waals surface area contributed by atoms with Gasteiger partial charge in [0.15, 0.2) is 23.0 Å². The van der Waals surface area contributed by atoms with E-state index in [1.807, 2.05) is 0 Å². The molecule has 0 aliphatic carbocycles. The lowest BCUT2D eigenvalue weighted by Crippen LogP contribution is -1.89. The van der Waals surface area contributed by atoms with Crippen molar-refractivity contribution in [1.82, 2.24) is 0 Å². The van der Waals surface area contributed by atoms with Gasteiger partial charge in [-0.3, -0.25) is 0 Å². The van der Waals surface area contributed by atoms with Crippen LogP contribution in [0.1, 0.15) is 0 Å². The third-order valence-electron chi connectivity index (χ3n) is 2.24. The van der Waals surface area contributed by atoms with Gasteiger partial charge in [0.25, 0.3) is 0 Å². The summed E-state index contributed by atoms with van der Waals surface area (Å²) in [5.74, 6) is 0.352. The molecule has 2 N–H and O–H groups in total. The van der Waals surface area contributed by atoms with Crippen molar-refractivity contribution in [3.63, 3.8) is 0 Å². The Balaban J connectivity index is 2.52. The molecule has 0 saturated heterocycles. The molecule has 100 valence electrons. The van der Waals surface area contributed by atoms with Gasteiger partial charge in [-0.2, -0.15) is 0 Å². The molecule has 2 rings (SSSR count). The number of aromatic hydroxyl groups is 2. The Bertz CT molecular complexity index is 617. The molecule has 2 aromatic rings. The minimum atomic E-state index is -0.0607. The standard InChI is InChI=1S/C12H6Br4O3/c13-5-1-2-8(17)9(3-5)19-12-10(16)6(14)4-7(15)11(12)18/h1-4,17-18H. The molecule has 0 fully saturated rings. The van der Waals surface area contributed by atoms with Crippen molar-refractivity contribution >= 4 is 63.7 Å². The van der Waals surface area contributed by atoms with E-state index in [2.05, 4.69) is 63.7 Å². The number of hydrogen-bond donors (Lipinski definition) is 2. The molecule has 0 amide bonds. The van der Waals surface area contributed by atoms with Gasteiger partial charge in [-0.25, -0.2) is 0 Å². The van der Waals surface area contributed by atoms with Gasteiger partial charge in [-0.15, -0.1) is 0 Å². The summed E-state index contributed by atoms with van der Waals surface area (Å²) in [5, 5.41) is 19.8. The molecule has 0 spiro atoms. The summed E-state index contributed by atoms with van der Waals surface area (Å²) < 4.78 is 8.07. The Morgan fingerprint density at radius 3 is 2.26 bits per heavy atom. The van der Waals surface area contributed by atoms with Gasteiger partial charge in [0, 0.05) is 8.95 Å². The molecule has 3 nitrogen and oxygen atoms in total. The van der Waals surface area contributed by atoms with Gasteiger partial charge < -0.3 is 14.9 Å². The van der Waals surface area contributed by atoms with Crippen LogP contribution in [0.15, 0.2) is 42.2 Å². The molecule has 0 bridgehead atoms. The zero-order valence-electron chi connectivity index (χ0n) is 9.12. The van der Waals surface area contributed by atoms with Gasteiger partial charge in [0.05, 0.1) is 8.95 Å². The smallest absolute Gasteiger partial charge is 0.185 e. The number of halogens is 4. The highest BCUT2D eigenvalue weighted by Gasteiger charge is 2.17. The Hall–Kier alpha value is -0.240. The van der Waals surface area contributed by atoms with E-state index >= 15 is 0 Å². The van der Waals surface area contributed by atoms with Crippen LogP contribution < -0.4 is 4.74 Å². The first kappa shape index (κ1) is 15.2. The SMILES string of the molecule is Oc1ccc(Br)cc1Oc1c(O)c(Br)cc(Br)c1Br. The predicted octanol–water partition coefficient (Wildman–Crippen LogP) is 5.94. The zero-order chi connectivity index (χ0) is 14.2. The Kier molecular flexibility index (Phi) is 4.81. The highest BCUT2D eigenvalue weighted by molar-refractivity contribution is 9.13. The Labute approximate surface area is 143 Å². The summed E-state index contributed by atoms with van der Waals surface area (Å²) in [5.41, 5.74) is 0. The van der Waals surface area contributed by atoms with Gasteiger partial charge in [-0.1, -0.05) is 15.9 Å². The summed E-state index contributed by atoms with van der Waals surface area (Å²) in [4.78, 5) is 0. The summed E-state index contributed by atoms with van der Waals surface area (Å²) in [6, 6.07) is 6.48. The van der Waals surface area contributed by atoms with Crippen molar-refractivity contribution in [2.45, 2.75) is 0 Å². The summed E-state index contributed by atoms with van der Waals surface area (Å²) in [6.45, 7) is 0. The van der Waals surface area contributed by atoms with Gasteiger partial charge in [0.2, 0.25) is 0 Å². The van der Waals surface area contributed by atoms with Gasteiger partial charge in [-0.05, 0) is 72.1 Å². The molecule has 0 aromatic heterocycles. The third kappa shape index (κ3) is 3.26. The molecule has 0 atom stereocenters. The fraction of sp³-hybridized carbons (Fsp3) is 0. The second-order valence-corrected chi connectivity index (χ2v) is 6.96. The summed E-state index contributed by atoms with van der Waals surface area (Å²) in [6.07, 6.45) is 0. The van der Waals surface area contributed by atoms with Crippen LogP contribution in [-0.4, -0.2) is 10.2 Å². The number of benzene rings is 2. The van der Waals surface area contributed by atoms with E-state index in [4.69, 9.17) is 4.74 Å². The normalized spacial score (nSPS) is 10.5. The maximum absolute atomic E-state index is 10.0. The Morgan fingerprint density at radius 2 is 1.58 bits per heavy atom. The molecule has 0 saturated carbocycles. The van der Waals surface area contributed by atoms with Crippen molar-refractivity contribution in [2.24, 2.45) is 0 Å². The fourth-order valence-electron chi connectivity index (χ4n) is 1.34. The van der Waals surface area contributed by atoms with Crippen molar-refractivity contribution in [3.05, 3.63) is 42.2 Å². The highest BCUT2D eigenvalue weighted by atomic mass is 79.9. The van der Waals surface area contributed by atoms with E-state index in [1.54, 1.807) is 18.2 Å². The van der Waals surface area contributed by atoms with E-state index < -0.39 is 0 Å². The topological polar surface area (TPSA) is 49.7 Å². The van der Waals surface area contributed by atoms with Crippen LogP contribution in [-0.2, 0) is 0 Å². The van der Waals surface area contributed by atoms with Crippen LogP contribution in [0.2, 0.25) is 0 Å². The molecule has 0 aliphatic rings. The van der Waals surface area contributed by atoms with Crippen LogP contribution in [0.5, 0.6) is 23.0 Å². The second-order valence-electron chi connectivity index (χ2n) is 3.55. The lowest BCUT2D eigenvalue weighted by Gasteiger charge is -2.13. The second kappa shape index (κ2) is 6.03. The van der Waals surface area contributed by atoms with Crippen molar-refractivity contribution < 1.29 is 14.9 Å². The number of phenols is 2. The van der Waals surface area contributed by atoms with E-state index in [0.29, 0.717) is 13.4 Å². The maximum atomic E-state index is 10.0. The van der Waals surface area contributed by atoms with E-state index in [-0.39, 0.29) is 23.0 Å². The molecule has 0 radical (unpaired) electrons. The molecular formula is C12H6Br4O3. The zero-order valence-corrected chi connectivity index (χ0v) is 15.5. The number of phenolic OH excluding ortho intramolecular Hbond substituents is 2. The van der Waals surface area contributed by atoms with Crippen molar-refractivity contribution in [3.8, 4) is 23.0 Å². The predicted molar refractivity (Wildman–Crippen MR) is 87.1 cm³/mol. The van der Waals surface area contributed by atoms with Crippen LogP contribution >= 0.6 is 63.7 Å². The number of rotatable bonds is 2. The van der Waals surface area contributed by atoms with Crippen LogP contribution in [0, 0.1) is 0 Å². The minimum Gasteiger partial charge on any atom is -0.504 e. The van der Waals surface area contributed by atoms with Crippen LogP contribution in [0.3, 0.4) is 0 Å². The molecule has 0 heterocycles. The maximum Gasteiger partial charge on any atom is 0.185 e. The average Bonchev–Trinajstić information content (AvgIpc) is 2.36. The first-order valence-electron chi connectivity index (χ1n) is 4.93. The molecule has 0 unspecified atom stereocenters. The fourth-order valence-corrected chi connectivity index (χ4v) is 3.19. The first-order chi connectivity index (χ1) is 8.90. The monoisotopic (exact) mass is 514 g/mol. The minimum absolute atomic E-state index is 0.0226. The van der Waals surface area contributed by atoms with Gasteiger partial charge in [0.1, 0.15) is 0 Å². The lowest BCUT2D eigenvalue weighted by molar-refractivity contribution is 0.382. The molecule has 2 aromatic carbocycles. The van der Waals surface area contributed by atoms with Crippen molar-refractivity contribution in [1.29, 1.82) is 0 Å².